The minimum absolute atomic E-state index is 0.0233. The van der Waals surface area contributed by atoms with Crippen molar-refractivity contribution in [3.8, 4) is 5.75 Å². The van der Waals surface area contributed by atoms with Gasteiger partial charge >= 0.3 is 0 Å². The lowest BCUT2D eigenvalue weighted by molar-refractivity contribution is -0.119. The van der Waals surface area contributed by atoms with E-state index in [1.54, 1.807) is 6.07 Å². The predicted octanol–water partition coefficient (Wildman–Crippen LogP) is 2.36. The Balaban J connectivity index is 2.78. The Kier molecular flexibility index (Phi) is 4.01. The summed E-state index contributed by atoms with van der Waals surface area (Å²) >= 11 is 5.73. The first-order valence-electron chi connectivity index (χ1n) is 5.27. The van der Waals surface area contributed by atoms with E-state index < -0.39 is 6.04 Å². The molecule has 1 amide bonds. The van der Waals surface area contributed by atoms with Crippen LogP contribution in [0.3, 0.4) is 0 Å². The van der Waals surface area contributed by atoms with Gasteiger partial charge < -0.3 is 16.2 Å². The molecule has 0 radical (unpaired) electrons. The van der Waals surface area contributed by atoms with Crippen molar-refractivity contribution in [1.82, 2.24) is 0 Å². The van der Waals surface area contributed by atoms with Crippen LogP contribution in [0.4, 0.5) is 5.69 Å². The molecule has 0 spiro atoms. The number of phenols is 1. The van der Waals surface area contributed by atoms with E-state index in [0.717, 1.165) is 0 Å². The van der Waals surface area contributed by atoms with Crippen LogP contribution in [0.1, 0.15) is 20.8 Å². The van der Waals surface area contributed by atoms with E-state index in [1.807, 2.05) is 20.8 Å². The van der Waals surface area contributed by atoms with Crippen LogP contribution in [0.2, 0.25) is 5.02 Å². The Morgan fingerprint density at radius 1 is 1.47 bits per heavy atom. The van der Waals surface area contributed by atoms with Gasteiger partial charge in [0.05, 0.1) is 11.1 Å². The van der Waals surface area contributed by atoms with E-state index in [4.69, 9.17) is 17.3 Å². The number of nitrogens with one attached hydrogen (secondary N) is 1. The quantitative estimate of drug-likeness (QED) is 0.711. The number of hydrogen-bond acceptors (Lipinski definition) is 3. The molecule has 0 saturated heterocycles. The van der Waals surface area contributed by atoms with Gasteiger partial charge in [-0.3, -0.25) is 4.79 Å². The summed E-state index contributed by atoms with van der Waals surface area (Å²) in [6.45, 7) is 5.67. The van der Waals surface area contributed by atoms with Crippen LogP contribution in [0.25, 0.3) is 0 Å². The Hall–Kier alpha value is -1.26. The number of carbonyl (C=O) groups is 1. The second-order valence-electron chi connectivity index (χ2n) is 5.00. The Morgan fingerprint density at radius 2 is 2.06 bits per heavy atom. The largest absolute Gasteiger partial charge is 0.506 e. The summed E-state index contributed by atoms with van der Waals surface area (Å²) in [5, 5.41) is 12.1. The van der Waals surface area contributed by atoms with E-state index in [1.165, 1.54) is 12.1 Å². The van der Waals surface area contributed by atoms with Crippen LogP contribution in [0.5, 0.6) is 5.75 Å². The van der Waals surface area contributed by atoms with E-state index in [-0.39, 0.29) is 22.1 Å². The number of amides is 1. The highest BCUT2D eigenvalue weighted by Crippen LogP contribution is 2.26. The molecular formula is C12H17ClN2O2. The van der Waals surface area contributed by atoms with Crippen molar-refractivity contribution in [2.24, 2.45) is 11.1 Å². The Labute approximate surface area is 106 Å². The number of aromatic hydroxyl groups is 1. The fourth-order valence-corrected chi connectivity index (χ4v) is 1.38. The van der Waals surface area contributed by atoms with E-state index in [0.29, 0.717) is 5.69 Å². The molecule has 94 valence electrons. The number of carbonyl (C=O) groups excluding carboxylic acids is 1. The number of benzene rings is 1. The van der Waals surface area contributed by atoms with Crippen molar-refractivity contribution in [3.05, 3.63) is 23.2 Å². The first kappa shape index (κ1) is 13.8. The molecule has 1 rings (SSSR count). The third-order valence-corrected chi connectivity index (χ3v) is 2.73. The van der Waals surface area contributed by atoms with Crippen molar-refractivity contribution >= 4 is 23.2 Å². The molecule has 0 bridgehead atoms. The number of anilines is 1. The first-order chi connectivity index (χ1) is 7.71. The summed E-state index contributed by atoms with van der Waals surface area (Å²) in [4.78, 5) is 11.8. The van der Waals surface area contributed by atoms with Gasteiger partial charge in [-0.15, -0.1) is 0 Å². The number of nitrogens with two attached hydrogens (primary N) is 1. The van der Waals surface area contributed by atoms with Crippen molar-refractivity contribution in [1.29, 1.82) is 0 Å². The van der Waals surface area contributed by atoms with Gasteiger partial charge in [-0.25, -0.2) is 0 Å². The minimum Gasteiger partial charge on any atom is -0.506 e. The molecule has 0 aliphatic heterocycles. The Morgan fingerprint density at radius 3 is 2.53 bits per heavy atom. The molecule has 0 fully saturated rings. The van der Waals surface area contributed by atoms with Gasteiger partial charge in [0, 0.05) is 5.69 Å². The third kappa shape index (κ3) is 3.61. The van der Waals surface area contributed by atoms with Crippen LogP contribution in [0, 0.1) is 5.41 Å². The van der Waals surface area contributed by atoms with E-state index in [9.17, 15) is 9.90 Å². The van der Waals surface area contributed by atoms with Crippen molar-refractivity contribution < 1.29 is 9.90 Å². The molecule has 5 heteroatoms. The molecule has 1 aromatic carbocycles. The molecule has 4 N–H and O–H groups in total. The van der Waals surface area contributed by atoms with Crippen LogP contribution in [-0.2, 0) is 4.79 Å². The number of phenolic OH excluding ortho intramolecular Hbond substituents is 1. The van der Waals surface area contributed by atoms with Crippen LogP contribution >= 0.6 is 11.6 Å². The Bertz CT molecular complexity index is 427. The molecule has 0 aliphatic rings. The molecule has 0 aromatic heterocycles. The van der Waals surface area contributed by atoms with Crippen LogP contribution in [0.15, 0.2) is 18.2 Å². The summed E-state index contributed by atoms with van der Waals surface area (Å²) in [6.07, 6.45) is 0. The molecule has 1 aromatic rings. The maximum atomic E-state index is 11.8. The van der Waals surface area contributed by atoms with Gasteiger partial charge in [0.1, 0.15) is 5.75 Å². The lowest BCUT2D eigenvalue weighted by atomic mass is 9.87. The highest BCUT2D eigenvalue weighted by molar-refractivity contribution is 6.32. The molecule has 0 aliphatic carbocycles. The van der Waals surface area contributed by atoms with Crippen molar-refractivity contribution in [2.75, 3.05) is 5.32 Å². The summed E-state index contributed by atoms with van der Waals surface area (Å²) in [5.74, 6) is -0.302. The van der Waals surface area contributed by atoms with Crippen LogP contribution in [-0.4, -0.2) is 17.1 Å². The fourth-order valence-electron chi connectivity index (χ4n) is 1.20. The highest BCUT2D eigenvalue weighted by atomic mass is 35.5. The summed E-state index contributed by atoms with van der Waals surface area (Å²) in [6, 6.07) is 3.84. The molecule has 0 heterocycles. The molecular weight excluding hydrogens is 240 g/mol. The topological polar surface area (TPSA) is 75.4 Å². The zero-order valence-electron chi connectivity index (χ0n) is 10.1. The number of rotatable bonds is 2. The molecule has 1 unspecified atom stereocenters. The van der Waals surface area contributed by atoms with Crippen LogP contribution < -0.4 is 11.1 Å². The van der Waals surface area contributed by atoms with Gasteiger partial charge in [-0.05, 0) is 23.6 Å². The molecule has 0 saturated carbocycles. The lowest BCUT2D eigenvalue weighted by Gasteiger charge is -2.25. The van der Waals surface area contributed by atoms with Gasteiger partial charge in [0.15, 0.2) is 0 Å². The monoisotopic (exact) mass is 256 g/mol. The standard InChI is InChI=1S/C12H17ClN2O2/c1-12(2,3)10(14)11(17)15-7-4-5-9(16)8(13)6-7/h4-6,10,16H,14H2,1-3H3,(H,15,17). The predicted molar refractivity (Wildman–Crippen MR) is 69.2 cm³/mol. The fraction of sp³-hybridized carbons (Fsp3) is 0.417. The van der Waals surface area contributed by atoms with Gasteiger partial charge in [0.2, 0.25) is 5.91 Å². The van der Waals surface area contributed by atoms with Crippen molar-refractivity contribution in [3.63, 3.8) is 0 Å². The number of hydrogen-bond donors (Lipinski definition) is 3. The average Bonchev–Trinajstić information content (AvgIpc) is 2.21. The number of halogens is 1. The summed E-state index contributed by atoms with van der Waals surface area (Å²) < 4.78 is 0. The second kappa shape index (κ2) is 4.94. The maximum Gasteiger partial charge on any atom is 0.241 e. The van der Waals surface area contributed by atoms with Gasteiger partial charge in [0.25, 0.3) is 0 Å². The van der Waals surface area contributed by atoms with Gasteiger partial charge in [-0.1, -0.05) is 32.4 Å². The normalized spacial score (nSPS) is 13.2. The molecule has 17 heavy (non-hydrogen) atoms. The maximum absolute atomic E-state index is 11.8. The highest BCUT2D eigenvalue weighted by Gasteiger charge is 2.27. The van der Waals surface area contributed by atoms with E-state index in [2.05, 4.69) is 5.32 Å². The lowest BCUT2D eigenvalue weighted by Crippen LogP contribution is -2.45. The SMILES string of the molecule is CC(C)(C)C(N)C(=O)Nc1ccc(O)c(Cl)c1. The summed E-state index contributed by atoms with van der Waals surface area (Å²) in [5.41, 5.74) is 6.01. The molecule has 4 nitrogen and oxygen atoms in total. The average molecular weight is 257 g/mol. The second-order valence-corrected chi connectivity index (χ2v) is 5.41. The van der Waals surface area contributed by atoms with Crippen molar-refractivity contribution in [2.45, 2.75) is 26.8 Å². The third-order valence-electron chi connectivity index (χ3n) is 2.43. The molecule has 1 atom stereocenters. The smallest absolute Gasteiger partial charge is 0.241 e. The first-order valence-corrected chi connectivity index (χ1v) is 5.64. The summed E-state index contributed by atoms with van der Waals surface area (Å²) in [7, 11) is 0. The van der Waals surface area contributed by atoms with E-state index >= 15 is 0 Å². The minimum atomic E-state index is -0.616. The zero-order valence-corrected chi connectivity index (χ0v) is 10.9. The van der Waals surface area contributed by atoms with Gasteiger partial charge in [-0.2, -0.15) is 0 Å². The zero-order chi connectivity index (χ0) is 13.2.